The molecule has 0 aliphatic carbocycles. The van der Waals surface area contributed by atoms with Gasteiger partial charge in [-0.05, 0) is 76.4 Å². The van der Waals surface area contributed by atoms with Gasteiger partial charge in [0.15, 0.2) is 0 Å². The van der Waals surface area contributed by atoms with E-state index in [1.807, 2.05) is 6.92 Å². The molecule has 182 valence electrons. The Morgan fingerprint density at radius 3 is 2.18 bits per heavy atom. The topological polar surface area (TPSA) is 58.6 Å². The predicted octanol–water partition coefficient (Wildman–Crippen LogP) is 6.47. The minimum Gasteiger partial charge on any atom is -0.497 e. The number of methoxy groups -OCH3 is 1. The maximum Gasteiger partial charge on any atom is 0.416 e. The molecule has 10 heteroatoms. The van der Waals surface area contributed by atoms with E-state index >= 15 is 0 Å². The third-order valence-corrected chi connectivity index (χ3v) is 7.78. The predicted molar refractivity (Wildman–Crippen MR) is 129 cm³/mol. The Labute approximate surface area is 205 Å². The van der Waals surface area contributed by atoms with Crippen molar-refractivity contribution in [3.8, 4) is 5.75 Å². The number of nitrogens with one attached hydrogen (secondary N) is 1. The fraction of sp³-hybridized carbons (Fsp3) is 0.250. The van der Waals surface area contributed by atoms with E-state index in [2.05, 4.69) is 21.2 Å². The summed E-state index contributed by atoms with van der Waals surface area (Å²) >= 11 is 3.40. The van der Waals surface area contributed by atoms with Crippen LogP contribution in [0.15, 0.2) is 76.1 Å². The van der Waals surface area contributed by atoms with E-state index in [1.165, 1.54) is 35.6 Å². The molecule has 0 aromatic heterocycles. The number of anilines is 1. The standard InChI is InChI=1S/C24H24BrF3N2O3S/c1-16(18-6-8-19(9-7-18)24(26,27)28)29-23-13-12-21(14-22(23)25)34(31,32)30(2)15-17-4-10-20(33-3)11-5-17/h4-14,16,29H,15H2,1-3H3/t16-/m1/s1. The summed E-state index contributed by atoms with van der Waals surface area (Å²) in [7, 11) is -0.686. The van der Waals surface area contributed by atoms with Crippen LogP contribution in [0.25, 0.3) is 0 Å². The fourth-order valence-electron chi connectivity index (χ4n) is 3.30. The van der Waals surface area contributed by atoms with Crippen LogP contribution in [0.5, 0.6) is 5.75 Å². The molecule has 0 radical (unpaired) electrons. The van der Waals surface area contributed by atoms with E-state index < -0.39 is 21.8 Å². The van der Waals surface area contributed by atoms with Gasteiger partial charge in [-0.3, -0.25) is 0 Å². The SMILES string of the molecule is COc1ccc(CN(C)S(=O)(=O)c2ccc(N[C@H](C)c3ccc(C(F)(F)F)cc3)c(Br)c2)cc1. The van der Waals surface area contributed by atoms with Crippen molar-refractivity contribution in [2.75, 3.05) is 19.5 Å². The molecule has 0 amide bonds. The summed E-state index contributed by atoms with van der Waals surface area (Å²) in [5.74, 6) is 0.687. The molecule has 3 rings (SSSR count). The lowest BCUT2D eigenvalue weighted by Gasteiger charge is -2.20. The van der Waals surface area contributed by atoms with Crippen LogP contribution in [-0.2, 0) is 22.7 Å². The van der Waals surface area contributed by atoms with Crippen LogP contribution in [0.3, 0.4) is 0 Å². The second-order valence-electron chi connectivity index (χ2n) is 7.74. The summed E-state index contributed by atoms with van der Waals surface area (Å²) in [6.07, 6.45) is -4.39. The molecular formula is C24H24BrF3N2O3S. The zero-order chi connectivity index (χ0) is 25.1. The van der Waals surface area contributed by atoms with Crippen LogP contribution in [-0.4, -0.2) is 26.9 Å². The zero-order valence-electron chi connectivity index (χ0n) is 18.7. The summed E-state index contributed by atoms with van der Waals surface area (Å²) in [4.78, 5) is 0.114. The smallest absolute Gasteiger partial charge is 0.416 e. The zero-order valence-corrected chi connectivity index (χ0v) is 21.1. The molecule has 5 nitrogen and oxygen atoms in total. The average molecular weight is 557 g/mol. The molecule has 1 N–H and O–H groups in total. The molecule has 0 fully saturated rings. The van der Waals surface area contributed by atoms with Crippen molar-refractivity contribution in [3.05, 3.63) is 87.9 Å². The molecule has 0 bridgehead atoms. The molecule has 34 heavy (non-hydrogen) atoms. The highest BCUT2D eigenvalue weighted by atomic mass is 79.9. The van der Waals surface area contributed by atoms with Crippen molar-refractivity contribution in [3.63, 3.8) is 0 Å². The van der Waals surface area contributed by atoms with Gasteiger partial charge in [0.2, 0.25) is 10.0 Å². The first-order valence-electron chi connectivity index (χ1n) is 10.2. The van der Waals surface area contributed by atoms with Crippen LogP contribution in [0.1, 0.15) is 29.7 Å². The van der Waals surface area contributed by atoms with E-state index in [-0.39, 0.29) is 17.5 Å². The number of hydrogen-bond donors (Lipinski definition) is 1. The Morgan fingerprint density at radius 2 is 1.65 bits per heavy atom. The minimum atomic E-state index is -4.39. The van der Waals surface area contributed by atoms with Crippen molar-refractivity contribution in [1.82, 2.24) is 4.31 Å². The minimum absolute atomic E-state index is 0.114. The highest BCUT2D eigenvalue weighted by Crippen LogP contribution is 2.32. The number of sulfonamides is 1. The largest absolute Gasteiger partial charge is 0.497 e. The Balaban J connectivity index is 1.72. The number of ether oxygens (including phenoxy) is 1. The highest BCUT2D eigenvalue weighted by Gasteiger charge is 2.30. The summed E-state index contributed by atoms with van der Waals surface area (Å²) < 4.78 is 71.3. The maximum atomic E-state index is 13.0. The second-order valence-corrected chi connectivity index (χ2v) is 10.6. The van der Waals surface area contributed by atoms with Crippen molar-refractivity contribution >= 4 is 31.6 Å². The van der Waals surface area contributed by atoms with Crippen molar-refractivity contribution in [2.45, 2.75) is 30.6 Å². The first-order chi connectivity index (χ1) is 15.9. The van der Waals surface area contributed by atoms with Crippen molar-refractivity contribution in [1.29, 1.82) is 0 Å². The number of alkyl halides is 3. The van der Waals surface area contributed by atoms with Gasteiger partial charge in [0, 0.05) is 29.8 Å². The maximum absolute atomic E-state index is 13.0. The number of halogens is 4. The molecule has 0 saturated heterocycles. The third-order valence-electron chi connectivity index (χ3n) is 5.32. The number of hydrogen-bond acceptors (Lipinski definition) is 4. The van der Waals surface area contributed by atoms with Crippen molar-refractivity contribution in [2.24, 2.45) is 0 Å². The van der Waals surface area contributed by atoms with Crippen LogP contribution in [0.4, 0.5) is 18.9 Å². The van der Waals surface area contributed by atoms with Gasteiger partial charge in [-0.15, -0.1) is 0 Å². The van der Waals surface area contributed by atoms with Crippen LogP contribution >= 0.6 is 15.9 Å². The van der Waals surface area contributed by atoms with Crippen LogP contribution in [0.2, 0.25) is 0 Å². The Morgan fingerprint density at radius 1 is 1.03 bits per heavy atom. The summed E-state index contributed by atoms with van der Waals surface area (Å²) in [5, 5.41) is 3.19. The lowest BCUT2D eigenvalue weighted by Crippen LogP contribution is -2.26. The van der Waals surface area contributed by atoms with Gasteiger partial charge in [0.05, 0.1) is 17.6 Å². The molecule has 0 saturated carbocycles. The van der Waals surface area contributed by atoms with Gasteiger partial charge in [0.25, 0.3) is 0 Å². The summed E-state index contributed by atoms with van der Waals surface area (Å²) in [6.45, 7) is 2.00. The van der Waals surface area contributed by atoms with Gasteiger partial charge in [-0.25, -0.2) is 8.42 Å². The van der Waals surface area contributed by atoms with Gasteiger partial charge in [-0.1, -0.05) is 24.3 Å². The molecule has 3 aromatic carbocycles. The molecule has 0 heterocycles. The molecule has 3 aromatic rings. The first kappa shape index (κ1) is 26.1. The number of rotatable bonds is 8. The van der Waals surface area contributed by atoms with E-state index in [0.717, 1.165) is 17.7 Å². The Hall–Kier alpha value is -2.56. The highest BCUT2D eigenvalue weighted by molar-refractivity contribution is 9.10. The van der Waals surface area contributed by atoms with E-state index in [0.29, 0.717) is 21.5 Å². The lowest BCUT2D eigenvalue weighted by molar-refractivity contribution is -0.137. The number of nitrogens with zero attached hydrogens (tertiary/aromatic N) is 1. The van der Waals surface area contributed by atoms with Crippen LogP contribution < -0.4 is 10.1 Å². The van der Waals surface area contributed by atoms with Gasteiger partial charge in [-0.2, -0.15) is 17.5 Å². The molecular weight excluding hydrogens is 533 g/mol. The van der Waals surface area contributed by atoms with E-state index in [9.17, 15) is 21.6 Å². The molecule has 0 aliphatic rings. The van der Waals surface area contributed by atoms with Crippen molar-refractivity contribution < 1.29 is 26.3 Å². The normalized spacial score (nSPS) is 13.1. The summed E-state index contributed by atoms with van der Waals surface area (Å²) in [5.41, 5.74) is 1.38. The average Bonchev–Trinajstić information content (AvgIpc) is 2.80. The second kappa shape index (κ2) is 10.4. The monoisotopic (exact) mass is 556 g/mol. The van der Waals surface area contributed by atoms with E-state index in [4.69, 9.17) is 4.74 Å². The fourth-order valence-corrected chi connectivity index (χ4v) is 5.13. The molecule has 0 spiro atoms. The van der Waals surface area contributed by atoms with Crippen LogP contribution in [0, 0.1) is 0 Å². The Bertz CT molecular complexity index is 1230. The molecule has 0 aliphatic heterocycles. The summed E-state index contributed by atoms with van der Waals surface area (Å²) in [6, 6.07) is 16.4. The first-order valence-corrected chi connectivity index (χ1v) is 12.5. The number of benzene rings is 3. The van der Waals surface area contributed by atoms with E-state index in [1.54, 1.807) is 37.4 Å². The quantitative estimate of drug-likeness (QED) is 0.345. The Kier molecular flexibility index (Phi) is 7.95. The van der Waals surface area contributed by atoms with Gasteiger partial charge >= 0.3 is 6.18 Å². The molecule has 0 unspecified atom stereocenters. The molecule has 1 atom stereocenters. The third kappa shape index (κ3) is 6.11. The lowest BCUT2D eigenvalue weighted by atomic mass is 10.1. The van der Waals surface area contributed by atoms with Gasteiger partial charge in [0.1, 0.15) is 5.75 Å². The van der Waals surface area contributed by atoms with Gasteiger partial charge < -0.3 is 10.1 Å².